The summed E-state index contributed by atoms with van der Waals surface area (Å²) in [6.45, 7) is 6.54. The largest absolute Gasteiger partial charge is 0.338 e. The maximum atomic E-state index is 13.9. The van der Waals surface area contributed by atoms with Gasteiger partial charge in [-0.1, -0.05) is 13.8 Å². The van der Waals surface area contributed by atoms with Crippen molar-refractivity contribution in [2.75, 3.05) is 13.1 Å². The monoisotopic (exact) mass is 333 g/mol. The summed E-state index contributed by atoms with van der Waals surface area (Å²) in [7, 11) is 1.20. The summed E-state index contributed by atoms with van der Waals surface area (Å²) in [4.78, 5) is 13.6. The third-order valence-electron chi connectivity index (χ3n) is 3.77. The van der Waals surface area contributed by atoms with Crippen LogP contribution in [-0.4, -0.2) is 32.3 Å². The van der Waals surface area contributed by atoms with E-state index in [-0.39, 0.29) is 27.3 Å². The molecule has 1 aliphatic heterocycles. The summed E-state index contributed by atoms with van der Waals surface area (Å²) in [6, 6.07) is 2.21. The van der Waals surface area contributed by atoms with Gasteiger partial charge in [0.15, 0.2) is 0 Å². The molecule has 0 spiro atoms. The highest BCUT2D eigenvalue weighted by atomic mass is 35.7. The van der Waals surface area contributed by atoms with Crippen LogP contribution in [0.3, 0.4) is 0 Å². The molecule has 0 atom stereocenters. The van der Waals surface area contributed by atoms with Crippen molar-refractivity contribution in [3.05, 3.63) is 29.1 Å². The van der Waals surface area contributed by atoms with Gasteiger partial charge in [-0.2, -0.15) is 0 Å². The Kier molecular flexibility index (Phi) is 4.06. The van der Waals surface area contributed by atoms with Gasteiger partial charge in [-0.25, -0.2) is 12.8 Å². The predicted octanol–water partition coefficient (Wildman–Crippen LogP) is 2.93. The van der Waals surface area contributed by atoms with Crippen molar-refractivity contribution in [3.8, 4) is 0 Å². The van der Waals surface area contributed by atoms with E-state index in [1.807, 2.05) is 13.8 Å². The molecule has 0 aromatic heterocycles. The van der Waals surface area contributed by atoms with Crippen LogP contribution in [0.1, 0.15) is 36.2 Å². The van der Waals surface area contributed by atoms with Gasteiger partial charge in [-0.3, -0.25) is 4.79 Å². The zero-order valence-corrected chi connectivity index (χ0v) is 13.7. The van der Waals surface area contributed by atoms with Crippen LogP contribution in [0.15, 0.2) is 17.0 Å². The molecule has 0 saturated carbocycles. The topological polar surface area (TPSA) is 54.5 Å². The molecule has 1 aromatic rings. The molecule has 1 fully saturated rings. The quantitative estimate of drug-likeness (QED) is 0.782. The molecule has 0 N–H and O–H groups in total. The smallest absolute Gasteiger partial charge is 0.261 e. The van der Waals surface area contributed by atoms with Gasteiger partial charge in [0.1, 0.15) is 5.82 Å². The summed E-state index contributed by atoms with van der Waals surface area (Å²) in [5.74, 6) is -1.13. The summed E-state index contributed by atoms with van der Waals surface area (Å²) < 4.78 is 36.8. The second-order valence-corrected chi connectivity index (χ2v) is 8.69. The molecular formula is C14H17ClFNO3S. The van der Waals surface area contributed by atoms with Gasteiger partial charge in [0, 0.05) is 34.9 Å². The van der Waals surface area contributed by atoms with Crippen molar-refractivity contribution in [1.82, 2.24) is 4.90 Å². The number of hydrogen-bond donors (Lipinski definition) is 0. The van der Waals surface area contributed by atoms with Gasteiger partial charge in [-0.15, -0.1) is 0 Å². The van der Waals surface area contributed by atoms with Crippen molar-refractivity contribution in [2.24, 2.45) is 5.41 Å². The molecule has 21 heavy (non-hydrogen) atoms. The van der Waals surface area contributed by atoms with E-state index in [9.17, 15) is 17.6 Å². The number of nitrogens with zero attached hydrogens (tertiary/aromatic N) is 1. The number of benzene rings is 1. The first-order chi connectivity index (χ1) is 9.51. The zero-order valence-electron chi connectivity index (χ0n) is 12.1. The van der Waals surface area contributed by atoms with E-state index in [1.165, 1.54) is 6.92 Å². The first kappa shape index (κ1) is 16.2. The Morgan fingerprint density at radius 2 is 2.00 bits per heavy atom. The Hall–Kier alpha value is -1.14. The molecule has 0 bridgehead atoms. The number of rotatable bonds is 2. The van der Waals surface area contributed by atoms with Crippen LogP contribution in [0.25, 0.3) is 0 Å². The van der Waals surface area contributed by atoms with E-state index in [4.69, 9.17) is 10.7 Å². The van der Waals surface area contributed by atoms with Crippen molar-refractivity contribution in [1.29, 1.82) is 0 Å². The molecule has 1 amide bonds. The molecule has 0 unspecified atom stereocenters. The van der Waals surface area contributed by atoms with Crippen LogP contribution in [-0.2, 0) is 9.05 Å². The number of likely N-dealkylation sites (tertiary alicyclic amines) is 1. The van der Waals surface area contributed by atoms with Crippen LogP contribution in [0, 0.1) is 18.2 Å². The minimum atomic E-state index is -4.10. The van der Waals surface area contributed by atoms with Gasteiger partial charge >= 0.3 is 0 Å². The summed E-state index contributed by atoms with van der Waals surface area (Å²) in [5, 5.41) is 0. The lowest BCUT2D eigenvalue weighted by molar-refractivity contribution is 0.0777. The Balaban J connectivity index is 2.42. The zero-order chi connectivity index (χ0) is 16.0. The lowest BCUT2D eigenvalue weighted by Gasteiger charge is -2.20. The molecule has 116 valence electrons. The average Bonchev–Trinajstić information content (AvgIpc) is 2.70. The molecule has 1 aliphatic rings. The standard InChI is InChI=1S/C14H17ClFNO3S/c1-9-11(16)6-10(7-12(9)21(15,19)20)13(18)17-5-4-14(2,3)8-17/h6-7H,4-5,8H2,1-3H3. The summed E-state index contributed by atoms with van der Waals surface area (Å²) >= 11 is 0. The molecular weight excluding hydrogens is 317 g/mol. The first-order valence-corrected chi connectivity index (χ1v) is 8.86. The number of halogens is 2. The third kappa shape index (κ3) is 3.37. The van der Waals surface area contributed by atoms with E-state index in [1.54, 1.807) is 4.90 Å². The molecule has 2 rings (SSSR count). The normalized spacial score (nSPS) is 18.0. The molecule has 7 heteroatoms. The van der Waals surface area contributed by atoms with Gasteiger partial charge in [0.2, 0.25) is 0 Å². The number of amides is 1. The van der Waals surface area contributed by atoms with Crippen molar-refractivity contribution in [3.63, 3.8) is 0 Å². The highest BCUT2D eigenvalue weighted by molar-refractivity contribution is 8.13. The minimum absolute atomic E-state index is 0.00928. The SMILES string of the molecule is Cc1c(F)cc(C(=O)N2CCC(C)(C)C2)cc1S(=O)(=O)Cl. The lowest BCUT2D eigenvalue weighted by Crippen LogP contribution is -2.30. The highest BCUT2D eigenvalue weighted by Gasteiger charge is 2.33. The Morgan fingerprint density at radius 1 is 1.38 bits per heavy atom. The fraction of sp³-hybridized carbons (Fsp3) is 0.500. The van der Waals surface area contributed by atoms with E-state index < -0.39 is 14.9 Å². The second-order valence-electron chi connectivity index (χ2n) is 6.16. The maximum Gasteiger partial charge on any atom is 0.261 e. The molecule has 1 heterocycles. The lowest BCUT2D eigenvalue weighted by atomic mass is 9.93. The van der Waals surface area contributed by atoms with E-state index in [0.29, 0.717) is 13.1 Å². The third-order valence-corrected chi connectivity index (χ3v) is 5.22. The first-order valence-electron chi connectivity index (χ1n) is 6.55. The predicted molar refractivity (Wildman–Crippen MR) is 78.5 cm³/mol. The van der Waals surface area contributed by atoms with E-state index in [0.717, 1.165) is 18.6 Å². The second kappa shape index (κ2) is 5.25. The van der Waals surface area contributed by atoms with E-state index >= 15 is 0 Å². The fourth-order valence-electron chi connectivity index (χ4n) is 2.50. The number of carbonyl (C=O) groups is 1. The maximum absolute atomic E-state index is 13.9. The van der Waals surface area contributed by atoms with Crippen LogP contribution in [0.2, 0.25) is 0 Å². The van der Waals surface area contributed by atoms with Gasteiger partial charge in [0.25, 0.3) is 15.0 Å². The fourth-order valence-corrected chi connectivity index (χ4v) is 3.71. The van der Waals surface area contributed by atoms with Crippen LogP contribution in [0.4, 0.5) is 4.39 Å². The Bertz CT molecular complexity index is 700. The van der Waals surface area contributed by atoms with Crippen LogP contribution in [0.5, 0.6) is 0 Å². The van der Waals surface area contributed by atoms with Gasteiger partial charge in [0.05, 0.1) is 4.90 Å². The number of carbonyl (C=O) groups excluding carboxylic acids is 1. The van der Waals surface area contributed by atoms with Crippen LogP contribution >= 0.6 is 10.7 Å². The average molecular weight is 334 g/mol. The summed E-state index contributed by atoms with van der Waals surface area (Å²) in [5.41, 5.74) is -0.0568. The number of hydrogen-bond acceptors (Lipinski definition) is 3. The highest BCUT2D eigenvalue weighted by Crippen LogP contribution is 2.31. The Morgan fingerprint density at radius 3 is 2.48 bits per heavy atom. The van der Waals surface area contributed by atoms with Crippen LogP contribution < -0.4 is 0 Å². The summed E-state index contributed by atoms with van der Waals surface area (Å²) in [6.07, 6.45) is 0.855. The molecule has 1 saturated heterocycles. The molecule has 0 radical (unpaired) electrons. The van der Waals surface area contributed by atoms with Crippen molar-refractivity contribution in [2.45, 2.75) is 32.1 Å². The van der Waals surface area contributed by atoms with Crippen molar-refractivity contribution < 1.29 is 17.6 Å². The van der Waals surface area contributed by atoms with Gasteiger partial charge in [-0.05, 0) is 30.9 Å². The molecule has 4 nitrogen and oxygen atoms in total. The van der Waals surface area contributed by atoms with Crippen molar-refractivity contribution >= 4 is 25.6 Å². The minimum Gasteiger partial charge on any atom is -0.338 e. The Labute approximate surface area is 128 Å². The van der Waals surface area contributed by atoms with Gasteiger partial charge < -0.3 is 4.90 Å². The molecule has 1 aromatic carbocycles. The molecule has 0 aliphatic carbocycles. The van der Waals surface area contributed by atoms with E-state index in [2.05, 4.69) is 0 Å².